The van der Waals surface area contributed by atoms with Gasteiger partial charge in [-0.1, -0.05) is 12.1 Å². The van der Waals surface area contributed by atoms with Gasteiger partial charge in [0.1, 0.15) is 11.7 Å². The van der Waals surface area contributed by atoms with Gasteiger partial charge < -0.3 is 30.5 Å². The second kappa shape index (κ2) is 9.69. The number of benzene rings is 1. The third kappa shape index (κ3) is 5.55. The third-order valence-corrected chi connectivity index (χ3v) is 4.29. The zero-order valence-corrected chi connectivity index (χ0v) is 16.1. The van der Waals surface area contributed by atoms with E-state index in [-0.39, 0.29) is 37.4 Å². The van der Waals surface area contributed by atoms with E-state index in [1.54, 1.807) is 24.3 Å². The van der Waals surface area contributed by atoms with Gasteiger partial charge >= 0.3 is 11.9 Å². The zero-order valence-electron chi connectivity index (χ0n) is 16.1. The predicted molar refractivity (Wildman–Crippen MR) is 102 cm³/mol. The molecule has 156 valence electrons. The van der Waals surface area contributed by atoms with Crippen molar-refractivity contribution in [3.05, 3.63) is 41.1 Å². The number of ether oxygens (including phenoxy) is 1. The van der Waals surface area contributed by atoms with Crippen LogP contribution in [-0.2, 0) is 30.3 Å². The molecule has 10 nitrogen and oxygen atoms in total. The van der Waals surface area contributed by atoms with E-state index in [4.69, 9.17) is 9.84 Å². The number of carbonyl (C=O) groups excluding carboxylic acids is 3. The molecule has 0 radical (unpaired) electrons. The van der Waals surface area contributed by atoms with Crippen molar-refractivity contribution >= 4 is 29.4 Å². The molecule has 2 rings (SSSR count). The molecule has 0 bridgehead atoms. The highest BCUT2D eigenvalue weighted by atomic mass is 16.5. The summed E-state index contributed by atoms with van der Waals surface area (Å²) in [6.45, 7) is 1.13. The van der Waals surface area contributed by atoms with Crippen LogP contribution in [0.15, 0.2) is 35.5 Å². The van der Waals surface area contributed by atoms with E-state index in [2.05, 4.69) is 10.6 Å². The van der Waals surface area contributed by atoms with Gasteiger partial charge in [-0.15, -0.1) is 0 Å². The maximum atomic E-state index is 12.5. The molecule has 1 aromatic rings. The number of aliphatic hydroxyl groups excluding tert-OH is 1. The average Bonchev–Trinajstić information content (AvgIpc) is 2.98. The lowest BCUT2D eigenvalue weighted by molar-refractivity contribution is -0.141. The monoisotopic (exact) mass is 405 g/mol. The summed E-state index contributed by atoms with van der Waals surface area (Å²) in [4.78, 5) is 48.2. The number of hydrogen-bond donors (Lipinski definition) is 4. The van der Waals surface area contributed by atoms with E-state index in [0.717, 1.165) is 0 Å². The van der Waals surface area contributed by atoms with Crippen molar-refractivity contribution in [3.63, 3.8) is 0 Å². The van der Waals surface area contributed by atoms with Gasteiger partial charge in [-0.25, -0.2) is 9.59 Å². The minimum Gasteiger partial charge on any atom is -0.480 e. The van der Waals surface area contributed by atoms with Crippen LogP contribution in [0, 0.1) is 0 Å². The van der Waals surface area contributed by atoms with E-state index in [0.29, 0.717) is 11.3 Å². The quantitative estimate of drug-likeness (QED) is 0.402. The number of aliphatic carboxylic acids is 1. The van der Waals surface area contributed by atoms with Gasteiger partial charge in [-0.2, -0.15) is 0 Å². The van der Waals surface area contributed by atoms with Gasteiger partial charge in [-0.05, 0) is 17.7 Å². The molecular formula is C19H23N3O7. The average molecular weight is 405 g/mol. The molecule has 1 aromatic carbocycles. The number of nitrogens with zero attached hydrogens (tertiary/aromatic N) is 1. The molecule has 0 fully saturated rings. The van der Waals surface area contributed by atoms with Crippen LogP contribution in [0.3, 0.4) is 0 Å². The van der Waals surface area contributed by atoms with Crippen molar-refractivity contribution in [2.45, 2.75) is 19.4 Å². The second-order valence-electron chi connectivity index (χ2n) is 6.41. The van der Waals surface area contributed by atoms with E-state index >= 15 is 0 Å². The number of carboxylic acid groups (broad SMARTS) is 1. The Bertz CT molecular complexity index is 833. The first-order chi connectivity index (χ1) is 13.8. The summed E-state index contributed by atoms with van der Waals surface area (Å²) >= 11 is 0. The SMILES string of the molecule is COC(=O)C1=C(Nc2ccc(CC(NC(C)=O)C(=O)O)cc2)C(=O)N(CCO)C1. The van der Waals surface area contributed by atoms with Crippen LogP contribution >= 0.6 is 0 Å². The second-order valence-corrected chi connectivity index (χ2v) is 6.41. The number of nitrogens with one attached hydrogen (secondary N) is 2. The van der Waals surface area contributed by atoms with E-state index in [9.17, 15) is 24.3 Å². The van der Waals surface area contributed by atoms with Gasteiger partial charge in [0, 0.05) is 25.6 Å². The molecule has 1 heterocycles. The fourth-order valence-electron chi connectivity index (χ4n) is 2.90. The standard InChI is InChI=1S/C19H23N3O7/c1-11(24)20-15(18(26)27)9-12-3-5-13(6-4-12)21-16-14(19(28)29-2)10-22(7-8-23)17(16)25/h3-6,15,21,23H,7-10H2,1-2H3,(H,20,24)(H,26,27). The van der Waals surface area contributed by atoms with Crippen molar-refractivity contribution in [3.8, 4) is 0 Å². The first kappa shape index (κ1) is 21.9. The summed E-state index contributed by atoms with van der Waals surface area (Å²) < 4.78 is 4.73. The fraction of sp³-hybridized carbons (Fsp3) is 0.368. The Morgan fingerprint density at radius 3 is 2.41 bits per heavy atom. The lowest BCUT2D eigenvalue weighted by atomic mass is 10.1. The summed E-state index contributed by atoms with van der Waals surface area (Å²) in [5.74, 6) is -2.65. The number of anilines is 1. The Morgan fingerprint density at radius 1 is 1.24 bits per heavy atom. The number of hydrogen-bond acceptors (Lipinski definition) is 7. The molecule has 1 atom stereocenters. The van der Waals surface area contributed by atoms with Crippen LogP contribution in [0.5, 0.6) is 0 Å². The van der Waals surface area contributed by atoms with Gasteiger partial charge in [-0.3, -0.25) is 9.59 Å². The minimum atomic E-state index is -1.14. The number of amides is 2. The van der Waals surface area contributed by atoms with Gasteiger partial charge in [0.2, 0.25) is 5.91 Å². The Morgan fingerprint density at radius 2 is 1.90 bits per heavy atom. The number of esters is 1. The molecule has 1 unspecified atom stereocenters. The first-order valence-electron chi connectivity index (χ1n) is 8.84. The largest absolute Gasteiger partial charge is 0.480 e. The zero-order chi connectivity index (χ0) is 21.6. The molecule has 4 N–H and O–H groups in total. The molecular weight excluding hydrogens is 382 g/mol. The number of carbonyl (C=O) groups is 4. The minimum absolute atomic E-state index is 0.0312. The molecule has 1 aliphatic rings. The van der Waals surface area contributed by atoms with Crippen LogP contribution in [0.25, 0.3) is 0 Å². The molecule has 0 saturated carbocycles. The van der Waals surface area contributed by atoms with E-state index in [1.165, 1.54) is 18.9 Å². The predicted octanol–water partition coefficient (Wildman–Crippen LogP) is -0.508. The fourth-order valence-corrected chi connectivity index (χ4v) is 2.90. The van der Waals surface area contributed by atoms with Crippen molar-refractivity contribution in [1.82, 2.24) is 10.2 Å². The highest BCUT2D eigenvalue weighted by molar-refractivity contribution is 6.08. The molecule has 0 spiro atoms. The summed E-state index contributed by atoms with van der Waals surface area (Å²) in [6.07, 6.45) is 0.0918. The summed E-state index contributed by atoms with van der Waals surface area (Å²) in [7, 11) is 1.22. The van der Waals surface area contributed by atoms with Crippen LogP contribution in [0.1, 0.15) is 12.5 Å². The van der Waals surface area contributed by atoms with Crippen molar-refractivity contribution in [1.29, 1.82) is 0 Å². The Labute approximate surface area is 167 Å². The molecule has 0 saturated heterocycles. The normalized spacial score (nSPS) is 14.6. The topological polar surface area (TPSA) is 145 Å². The van der Waals surface area contributed by atoms with Crippen molar-refractivity contribution in [2.75, 3.05) is 32.1 Å². The van der Waals surface area contributed by atoms with Crippen LogP contribution in [-0.4, -0.2) is 71.7 Å². The van der Waals surface area contributed by atoms with Gasteiger partial charge in [0.15, 0.2) is 0 Å². The number of carboxylic acids is 1. The number of β-amino-alcohol motifs (C(OH)–C–C–N with tert-alkyl or cyclic N) is 1. The lowest BCUT2D eigenvalue weighted by Gasteiger charge is -2.15. The molecule has 10 heteroatoms. The number of rotatable bonds is 9. The summed E-state index contributed by atoms with van der Waals surface area (Å²) in [6, 6.07) is 5.52. The van der Waals surface area contributed by atoms with Crippen LogP contribution in [0.2, 0.25) is 0 Å². The highest BCUT2D eigenvalue weighted by Gasteiger charge is 2.34. The molecule has 0 aromatic heterocycles. The van der Waals surface area contributed by atoms with Crippen LogP contribution in [0.4, 0.5) is 5.69 Å². The van der Waals surface area contributed by atoms with Crippen LogP contribution < -0.4 is 10.6 Å². The summed E-state index contributed by atoms with van der Waals surface area (Å²) in [5, 5.41) is 23.5. The highest BCUT2D eigenvalue weighted by Crippen LogP contribution is 2.23. The number of aliphatic hydroxyl groups is 1. The van der Waals surface area contributed by atoms with Gasteiger partial charge in [0.05, 0.1) is 25.8 Å². The maximum absolute atomic E-state index is 12.5. The van der Waals surface area contributed by atoms with Crippen molar-refractivity contribution < 1.29 is 34.1 Å². The summed E-state index contributed by atoms with van der Waals surface area (Å²) in [5.41, 5.74) is 1.40. The molecule has 29 heavy (non-hydrogen) atoms. The molecule has 1 aliphatic heterocycles. The Hall–Kier alpha value is -3.40. The van der Waals surface area contributed by atoms with Crippen molar-refractivity contribution in [2.24, 2.45) is 0 Å². The first-order valence-corrected chi connectivity index (χ1v) is 8.84. The van der Waals surface area contributed by atoms with E-state index in [1.807, 2.05) is 0 Å². The Kier molecular flexibility index (Phi) is 7.32. The third-order valence-electron chi connectivity index (χ3n) is 4.29. The van der Waals surface area contributed by atoms with E-state index < -0.39 is 29.8 Å². The molecule has 0 aliphatic carbocycles. The smallest absolute Gasteiger partial charge is 0.337 e. The van der Waals surface area contributed by atoms with Gasteiger partial charge in [0.25, 0.3) is 5.91 Å². The Balaban J connectivity index is 2.16. The lowest BCUT2D eigenvalue weighted by Crippen LogP contribution is -2.41. The number of methoxy groups -OCH3 is 1. The molecule has 2 amide bonds. The maximum Gasteiger partial charge on any atom is 0.337 e.